The number of ether oxygens (including phenoxy) is 1. The number of hydrogen-bond donors (Lipinski definition) is 1. The van der Waals surface area contributed by atoms with Gasteiger partial charge in [-0.1, -0.05) is 0 Å². The lowest BCUT2D eigenvalue weighted by Crippen LogP contribution is -2.49. The maximum Gasteiger partial charge on any atom is 0.273 e. The van der Waals surface area contributed by atoms with Crippen LogP contribution in [-0.4, -0.2) is 58.7 Å². The first-order valence-electron chi connectivity index (χ1n) is 9.41. The Morgan fingerprint density at radius 1 is 1.37 bits per heavy atom. The van der Waals surface area contributed by atoms with E-state index >= 15 is 0 Å². The normalized spacial score (nSPS) is 19.1. The molecule has 0 aromatic heterocycles. The van der Waals surface area contributed by atoms with Crippen molar-refractivity contribution < 1.29 is 19.6 Å². The van der Waals surface area contributed by atoms with E-state index in [1.165, 1.54) is 12.1 Å². The molecule has 1 aliphatic carbocycles. The minimum Gasteiger partial charge on any atom is -0.489 e. The second-order valence-electron chi connectivity index (χ2n) is 7.74. The number of nitro benzene ring substituents is 1. The van der Waals surface area contributed by atoms with Crippen LogP contribution in [-0.2, 0) is 4.79 Å². The second kappa shape index (κ2) is 7.34. The Kier molecular flexibility index (Phi) is 5.28. The van der Waals surface area contributed by atoms with Gasteiger partial charge in [-0.25, -0.2) is 0 Å². The molecule has 1 saturated heterocycles. The van der Waals surface area contributed by atoms with Crippen LogP contribution in [0.5, 0.6) is 5.75 Å². The van der Waals surface area contributed by atoms with Gasteiger partial charge in [0, 0.05) is 32.2 Å². The van der Waals surface area contributed by atoms with E-state index in [4.69, 9.17) is 4.74 Å². The molecule has 1 aromatic rings. The van der Waals surface area contributed by atoms with Crippen molar-refractivity contribution in [1.29, 1.82) is 0 Å². The van der Waals surface area contributed by atoms with Gasteiger partial charge in [-0.05, 0) is 45.6 Å². The largest absolute Gasteiger partial charge is 0.489 e. The zero-order chi connectivity index (χ0) is 19.8. The van der Waals surface area contributed by atoms with Gasteiger partial charge in [-0.3, -0.25) is 14.9 Å². The summed E-state index contributed by atoms with van der Waals surface area (Å²) in [6, 6.07) is 4.79. The Hall–Kier alpha value is -2.35. The summed E-state index contributed by atoms with van der Waals surface area (Å²) in [6.45, 7) is 5.20. The van der Waals surface area contributed by atoms with Crippen molar-refractivity contribution >= 4 is 17.3 Å². The van der Waals surface area contributed by atoms with Crippen LogP contribution in [0, 0.1) is 10.1 Å². The van der Waals surface area contributed by atoms with Crippen LogP contribution in [0.1, 0.15) is 39.5 Å². The molecule has 8 heteroatoms. The molecule has 27 heavy (non-hydrogen) atoms. The average Bonchev–Trinajstić information content (AvgIpc) is 3.39. The number of anilines is 1. The van der Waals surface area contributed by atoms with E-state index in [1.807, 2.05) is 13.8 Å². The summed E-state index contributed by atoms with van der Waals surface area (Å²) in [7, 11) is 1.76. The maximum absolute atomic E-state index is 12.3. The summed E-state index contributed by atoms with van der Waals surface area (Å²) in [4.78, 5) is 26.8. The molecule has 0 bridgehead atoms. The Labute approximate surface area is 158 Å². The number of aliphatic hydroxyl groups is 1. The second-order valence-corrected chi connectivity index (χ2v) is 7.74. The van der Waals surface area contributed by atoms with Crippen LogP contribution >= 0.6 is 0 Å². The van der Waals surface area contributed by atoms with E-state index in [2.05, 4.69) is 4.90 Å². The maximum atomic E-state index is 12.3. The first-order chi connectivity index (χ1) is 12.7. The summed E-state index contributed by atoms with van der Waals surface area (Å²) in [5.74, 6) is 0.328. The van der Waals surface area contributed by atoms with Crippen LogP contribution in [0.25, 0.3) is 0 Å². The number of nitrogens with zero attached hydrogens (tertiary/aromatic N) is 3. The van der Waals surface area contributed by atoms with E-state index in [-0.39, 0.29) is 23.7 Å². The molecule has 1 heterocycles. The summed E-state index contributed by atoms with van der Waals surface area (Å²) < 4.78 is 5.81. The number of likely N-dealkylation sites (N-methyl/N-ethyl adjacent to an activating group) is 1. The molecular formula is C19H27N3O5. The number of non-ortho nitro benzene ring substituents is 1. The number of piperidine rings is 1. The third-order valence-electron chi connectivity index (χ3n) is 5.31. The Bertz CT molecular complexity index is 724. The minimum atomic E-state index is -1.14. The molecule has 2 aliphatic rings. The highest BCUT2D eigenvalue weighted by atomic mass is 16.6. The zero-order valence-corrected chi connectivity index (χ0v) is 16.1. The van der Waals surface area contributed by atoms with Gasteiger partial charge in [0.1, 0.15) is 11.4 Å². The van der Waals surface area contributed by atoms with Crippen LogP contribution in [0.2, 0.25) is 0 Å². The third-order valence-corrected chi connectivity index (χ3v) is 5.31. The quantitative estimate of drug-likeness (QED) is 0.604. The lowest BCUT2D eigenvalue weighted by molar-refractivity contribution is -0.384. The monoisotopic (exact) mass is 377 g/mol. The lowest BCUT2D eigenvalue weighted by atomic mass is 10.0. The fraction of sp³-hybridized carbons (Fsp3) is 0.632. The number of benzene rings is 1. The molecule has 148 valence electrons. The SMILES string of the molecule is CC(C)Oc1cc([N+](=O)[O-])ccc1N1CCC(N(C)C(=O)C2(O)CC2)CC1. The molecule has 0 radical (unpaired) electrons. The molecule has 0 atom stereocenters. The Morgan fingerprint density at radius 2 is 2.00 bits per heavy atom. The van der Waals surface area contributed by atoms with Gasteiger partial charge >= 0.3 is 0 Å². The Morgan fingerprint density at radius 3 is 2.52 bits per heavy atom. The highest BCUT2D eigenvalue weighted by molar-refractivity contribution is 5.87. The predicted molar refractivity (Wildman–Crippen MR) is 101 cm³/mol. The molecule has 2 fully saturated rings. The van der Waals surface area contributed by atoms with E-state index in [9.17, 15) is 20.0 Å². The van der Waals surface area contributed by atoms with E-state index in [0.29, 0.717) is 31.7 Å². The summed E-state index contributed by atoms with van der Waals surface area (Å²) in [5.41, 5.74) is -0.294. The lowest BCUT2D eigenvalue weighted by Gasteiger charge is -2.39. The van der Waals surface area contributed by atoms with Crippen molar-refractivity contribution in [3.05, 3.63) is 28.3 Å². The molecule has 8 nitrogen and oxygen atoms in total. The standard InChI is InChI=1S/C19H27N3O5/c1-13(2)27-17-12-15(22(25)26)4-5-16(17)21-10-6-14(7-11-21)20(3)18(23)19(24)8-9-19/h4-5,12-14,24H,6-11H2,1-3H3. The number of carbonyl (C=O) groups is 1. The van der Waals surface area contributed by atoms with Crippen molar-refractivity contribution in [1.82, 2.24) is 4.90 Å². The van der Waals surface area contributed by atoms with E-state index in [1.54, 1.807) is 18.0 Å². The number of nitro groups is 1. The van der Waals surface area contributed by atoms with Gasteiger partial charge in [0.05, 0.1) is 22.8 Å². The molecule has 1 N–H and O–H groups in total. The van der Waals surface area contributed by atoms with Crippen LogP contribution in [0.15, 0.2) is 18.2 Å². The van der Waals surface area contributed by atoms with Gasteiger partial charge < -0.3 is 19.6 Å². The number of amides is 1. The fourth-order valence-electron chi connectivity index (χ4n) is 3.55. The fourth-order valence-corrected chi connectivity index (χ4v) is 3.55. The van der Waals surface area contributed by atoms with Crippen LogP contribution < -0.4 is 9.64 Å². The summed E-state index contributed by atoms with van der Waals surface area (Å²) in [6.07, 6.45) is 2.56. The molecule has 1 saturated carbocycles. The number of rotatable bonds is 6. The van der Waals surface area contributed by atoms with Crippen molar-refractivity contribution in [2.45, 2.75) is 57.3 Å². The van der Waals surface area contributed by atoms with Gasteiger partial charge in [0.2, 0.25) is 0 Å². The third kappa shape index (κ3) is 4.16. The van der Waals surface area contributed by atoms with Crippen molar-refractivity contribution in [2.24, 2.45) is 0 Å². The zero-order valence-electron chi connectivity index (χ0n) is 16.1. The highest BCUT2D eigenvalue weighted by Crippen LogP contribution is 2.38. The van der Waals surface area contributed by atoms with Gasteiger partial charge in [0.15, 0.2) is 0 Å². The highest BCUT2D eigenvalue weighted by Gasteiger charge is 2.50. The topological polar surface area (TPSA) is 96.2 Å². The van der Waals surface area contributed by atoms with Gasteiger partial charge in [-0.2, -0.15) is 0 Å². The molecule has 1 aliphatic heterocycles. The minimum absolute atomic E-state index is 0.00675. The first-order valence-corrected chi connectivity index (χ1v) is 9.41. The Balaban J connectivity index is 1.70. The average molecular weight is 377 g/mol. The van der Waals surface area contributed by atoms with Crippen LogP contribution in [0.4, 0.5) is 11.4 Å². The molecular weight excluding hydrogens is 350 g/mol. The van der Waals surface area contributed by atoms with Gasteiger partial charge in [0.25, 0.3) is 11.6 Å². The van der Waals surface area contributed by atoms with Crippen molar-refractivity contribution in [2.75, 3.05) is 25.0 Å². The first kappa shape index (κ1) is 19.4. The molecule has 0 unspecified atom stereocenters. The van der Waals surface area contributed by atoms with Crippen molar-refractivity contribution in [3.8, 4) is 5.75 Å². The molecule has 0 spiro atoms. The van der Waals surface area contributed by atoms with E-state index in [0.717, 1.165) is 18.5 Å². The van der Waals surface area contributed by atoms with Crippen LogP contribution in [0.3, 0.4) is 0 Å². The molecule has 1 aromatic carbocycles. The van der Waals surface area contributed by atoms with E-state index < -0.39 is 10.5 Å². The van der Waals surface area contributed by atoms with Crippen molar-refractivity contribution in [3.63, 3.8) is 0 Å². The molecule has 3 rings (SSSR count). The predicted octanol–water partition coefficient (Wildman–Crippen LogP) is 2.33. The van der Waals surface area contributed by atoms with Gasteiger partial charge in [-0.15, -0.1) is 0 Å². The smallest absolute Gasteiger partial charge is 0.273 e. The summed E-state index contributed by atoms with van der Waals surface area (Å²) >= 11 is 0. The number of hydrogen-bond acceptors (Lipinski definition) is 6. The molecule has 1 amide bonds. The summed E-state index contributed by atoms with van der Waals surface area (Å²) in [5, 5.41) is 21.1. The number of carbonyl (C=O) groups excluding carboxylic acids is 1.